The molecule has 21 heavy (non-hydrogen) atoms. The van der Waals surface area contributed by atoms with E-state index in [-0.39, 0.29) is 24.9 Å². The first-order valence-electron chi connectivity index (χ1n) is 6.05. The van der Waals surface area contributed by atoms with Crippen molar-refractivity contribution >= 4 is 45.6 Å². The molecule has 0 saturated carbocycles. The Kier molecular flexibility index (Phi) is 6.35. The minimum atomic E-state index is -0.719. The summed E-state index contributed by atoms with van der Waals surface area (Å²) < 4.78 is 11.1. The van der Waals surface area contributed by atoms with Gasteiger partial charge in [0.05, 0.1) is 34.6 Å². The molecule has 2 rings (SSSR count). The van der Waals surface area contributed by atoms with Crippen LogP contribution in [0.3, 0.4) is 0 Å². The van der Waals surface area contributed by atoms with Gasteiger partial charge in [-0.3, -0.25) is 4.79 Å². The van der Waals surface area contributed by atoms with Gasteiger partial charge in [0.1, 0.15) is 11.8 Å². The summed E-state index contributed by atoms with van der Waals surface area (Å²) in [5.74, 6) is 0.242. The van der Waals surface area contributed by atoms with Gasteiger partial charge < -0.3 is 20.5 Å². The number of carbonyl (C=O) groups is 1. The number of nitrogens with zero attached hydrogens (tertiary/aromatic N) is 1. The second kappa shape index (κ2) is 7.56. The normalized spacial score (nSPS) is 11.8. The summed E-state index contributed by atoms with van der Waals surface area (Å²) in [4.78, 5) is 16.3. The zero-order valence-corrected chi connectivity index (χ0v) is 13.6. The number of anilines is 1. The summed E-state index contributed by atoms with van der Waals surface area (Å²) in [6, 6.07) is 2.93. The third-order valence-electron chi connectivity index (χ3n) is 2.76. The number of aromatic nitrogens is 1. The van der Waals surface area contributed by atoms with Crippen molar-refractivity contribution in [2.75, 3.05) is 26.1 Å². The number of rotatable bonds is 5. The van der Waals surface area contributed by atoms with Crippen LogP contribution < -0.4 is 15.8 Å². The van der Waals surface area contributed by atoms with Crippen LogP contribution in [-0.2, 0) is 9.53 Å². The fraction of sp³-hybridized carbons (Fsp3) is 0.385. The maximum absolute atomic E-state index is 11.9. The number of hydrogen-bond acceptors (Lipinski definition) is 6. The molecular formula is C13H18ClN3O3S. The number of carbonyl (C=O) groups excluding carboxylic acids is 1. The van der Waals surface area contributed by atoms with E-state index < -0.39 is 6.04 Å². The van der Waals surface area contributed by atoms with Crippen LogP contribution in [-0.4, -0.2) is 37.8 Å². The number of aryl methyl sites for hydroxylation is 1. The lowest BCUT2D eigenvalue weighted by atomic mass is 10.2. The van der Waals surface area contributed by atoms with Gasteiger partial charge in [0.2, 0.25) is 5.91 Å². The summed E-state index contributed by atoms with van der Waals surface area (Å²) in [5.41, 5.74) is 7.13. The van der Waals surface area contributed by atoms with E-state index in [2.05, 4.69) is 10.3 Å². The van der Waals surface area contributed by atoms with Crippen LogP contribution >= 0.6 is 23.7 Å². The summed E-state index contributed by atoms with van der Waals surface area (Å²) in [6.45, 7) is 2.10. The third-order valence-corrected chi connectivity index (χ3v) is 3.69. The molecule has 0 aliphatic rings. The fourth-order valence-corrected chi connectivity index (χ4v) is 2.67. The molecule has 116 valence electrons. The second-order valence-electron chi connectivity index (χ2n) is 4.30. The topological polar surface area (TPSA) is 86.5 Å². The number of nitrogens with two attached hydrogens (primary N) is 1. The molecule has 8 heteroatoms. The van der Waals surface area contributed by atoms with Crippen molar-refractivity contribution in [3.63, 3.8) is 0 Å². The van der Waals surface area contributed by atoms with E-state index in [9.17, 15) is 4.79 Å². The molecule has 0 aliphatic heterocycles. The predicted molar refractivity (Wildman–Crippen MR) is 86.6 cm³/mol. The van der Waals surface area contributed by atoms with Crippen LogP contribution in [0.2, 0.25) is 0 Å². The third kappa shape index (κ3) is 4.04. The predicted octanol–water partition coefficient (Wildman–Crippen LogP) is 1.95. The molecule has 6 nitrogen and oxygen atoms in total. The van der Waals surface area contributed by atoms with E-state index in [0.717, 1.165) is 15.2 Å². The summed E-state index contributed by atoms with van der Waals surface area (Å²) in [7, 11) is 3.05. The van der Waals surface area contributed by atoms with Crippen molar-refractivity contribution in [2.24, 2.45) is 5.73 Å². The standard InChI is InChI=1S/C13H17N3O3S.ClH/c1-7-15-10-4-11(19-3)9(5-12(10)20-7)16-13(17)8(14)6-18-2;/h4-5,8H,6,14H2,1-3H3,(H,16,17);1H. The zero-order chi connectivity index (χ0) is 14.7. The van der Waals surface area contributed by atoms with E-state index in [4.69, 9.17) is 15.2 Å². The average Bonchev–Trinajstić information content (AvgIpc) is 2.77. The lowest BCUT2D eigenvalue weighted by molar-refractivity contribution is -0.118. The monoisotopic (exact) mass is 331 g/mol. The van der Waals surface area contributed by atoms with E-state index in [1.165, 1.54) is 7.11 Å². The molecule has 0 saturated heterocycles. The average molecular weight is 332 g/mol. The number of methoxy groups -OCH3 is 2. The molecule has 1 atom stereocenters. The van der Waals surface area contributed by atoms with Gasteiger partial charge in [0, 0.05) is 13.2 Å². The molecule has 1 heterocycles. The molecule has 0 spiro atoms. The largest absolute Gasteiger partial charge is 0.494 e. The van der Waals surface area contributed by atoms with Gasteiger partial charge in [0.25, 0.3) is 0 Å². The van der Waals surface area contributed by atoms with Gasteiger partial charge >= 0.3 is 0 Å². The summed E-state index contributed by atoms with van der Waals surface area (Å²) in [5, 5.41) is 3.72. The molecule has 1 amide bonds. The lowest BCUT2D eigenvalue weighted by Gasteiger charge is -2.13. The van der Waals surface area contributed by atoms with Crippen LogP contribution in [0.4, 0.5) is 5.69 Å². The Labute approximate surface area is 133 Å². The summed E-state index contributed by atoms with van der Waals surface area (Å²) >= 11 is 1.56. The molecule has 1 aromatic heterocycles. The number of nitrogens with one attached hydrogen (secondary N) is 1. The van der Waals surface area contributed by atoms with Crippen LogP contribution in [0.25, 0.3) is 10.2 Å². The highest BCUT2D eigenvalue weighted by Crippen LogP contribution is 2.33. The van der Waals surface area contributed by atoms with E-state index in [1.54, 1.807) is 24.5 Å². The number of hydrogen-bond donors (Lipinski definition) is 2. The van der Waals surface area contributed by atoms with Gasteiger partial charge in [-0.1, -0.05) is 0 Å². The molecule has 0 radical (unpaired) electrons. The minimum Gasteiger partial charge on any atom is -0.494 e. The zero-order valence-electron chi connectivity index (χ0n) is 12.0. The fourth-order valence-electron chi connectivity index (χ4n) is 1.82. The van der Waals surface area contributed by atoms with Gasteiger partial charge in [-0.15, -0.1) is 23.7 Å². The number of fused-ring (bicyclic) bond motifs is 1. The van der Waals surface area contributed by atoms with Gasteiger partial charge in [0.15, 0.2) is 0 Å². The molecular weight excluding hydrogens is 314 g/mol. The lowest BCUT2D eigenvalue weighted by Crippen LogP contribution is -2.39. The Bertz CT molecular complexity index is 632. The number of halogens is 1. The minimum absolute atomic E-state index is 0. The van der Waals surface area contributed by atoms with Crippen molar-refractivity contribution in [3.05, 3.63) is 17.1 Å². The number of benzene rings is 1. The van der Waals surface area contributed by atoms with Crippen LogP contribution in [0.15, 0.2) is 12.1 Å². The molecule has 3 N–H and O–H groups in total. The number of amides is 1. The molecule has 0 aliphatic carbocycles. The quantitative estimate of drug-likeness (QED) is 0.874. The Balaban J connectivity index is 0.00000220. The van der Waals surface area contributed by atoms with Crippen molar-refractivity contribution < 1.29 is 14.3 Å². The van der Waals surface area contributed by atoms with Crippen LogP contribution in [0, 0.1) is 6.92 Å². The Hall–Kier alpha value is -1.41. The van der Waals surface area contributed by atoms with Crippen LogP contribution in [0.5, 0.6) is 5.75 Å². The first-order valence-corrected chi connectivity index (χ1v) is 6.87. The highest BCUT2D eigenvalue weighted by Gasteiger charge is 2.16. The van der Waals surface area contributed by atoms with Crippen molar-refractivity contribution in [2.45, 2.75) is 13.0 Å². The first kappa shape index (κ1) is 17.6. The maximum Gasteiger partial charge on any atom is 0.243 e. The first-order chi connectivity index (χ1) is 9.55. The van der Waals surface area contributed by atoms with E-state index in [1.807, 2.05) is 13.0 Å². The highest BCUT2D eigenvalue weighted by molar-refractivity contribution is 7.18. The van der Waals surface area contributed by atoms with Crippen molar-refractivity contribution in [1.29, 1.82) is 0 Å². The van der Waals surface area contributed by atoms with E-state index in [0.29, 0.717) is 11.4 Å². The summed E-state index contributed by atoms with van der Waals surface area (Å²) in [6.07, 6.45) is 0. The second-order valence-corrected chi connectivity index (χ2v) is 5.54. The van der Waals surface area contributed by atoms with E-state index >= 15 is 0 Å². The highest BCUT2D eigenvalue weighted by atomic mass is 35.5. The molecule has 0 fully saturated rings. The van der Waals surface area contributed by atoms with Crippen LogP contribution in [0.1, 0.15) is 5.01 Å². The SMILES string of the molecule is COCC(N)C(=O)Nc1cc2sc(C)nc2cc1OC.Cl. The molecule has 2 aromatic rings. The van der Waals surface area contributed by atoms with Gasteiger partial charge in [-0.2, -0.15) is 0 Å². The van der Waals surface area contributed by atoms with Gasteiger partial charge in [-0.25, -0.2) is 4.98 Å². The molecule has 1 aromatic carbocycles. The Morgan fingerprint density at radius 1 is 1.48 bits per heavy atom. The molecule has 1 unspecified atom stereocenters. The van der Waals surface area contributed by atoms with Crippen molar-refractivity contribution in [1.82, 2.24) is 4.98 Å². The smallest absolute Gasteiger partial charge is 0.243 e. The number of ether oxygens (including phenoxy) is 2. The molecule has 0 bridgehead atoms. The van der Waals surface area contributed by atoms with Crippen molar-refractivity contribution in [3.8, 4) is 5.75 Å². The number of thiazole rings is 1. The Morgan fingerprint density at radius 2 is 2.19 bits per heavy atom. The Morgan fingerprint density at radius 3 is 2.81 bits per heavy atom. The maximum atomic E-state index is 11.9. The van der Waals surface area contributed by atoms with Gasteiger partial charge in [-0.05, 0) is 13.0 Å².